The summed E-state index contributed by atoms with van der Waals surface area (Å²) in [6.45, 7) is 0.637. The Morgan fingerprint density at radius 2 is 2.00 bits per heavy atom. The van der Waals surface area contributed by atoms with E-state index in [1.165, 1.54) is 24.3 Å². The maximum Gasteiger partial charge on any atom is 0.573 e. The fourth-order valence-electron chi connectivity index (χ4n) is 2.18. The molecule has 0 aromatic heterocycles. The van der Waals surface area contributed by atoms with Gasteiger partial charge in [0.1, 0.15) is 5.75 Å². The number of alkyl halides is 3. The number of benzene rings is 1. The van der Waals surface area contributed by atoms with E-state index in [0.717, 1.165) is 19.3 Å². The van der Waals surface area contributed by atoms with Gasteiger partial charge in [0.2, 0.25) is 0 Å². The van der Waals surface area contributed by atoms with Gasteiger partial charge in [0.05, 0.1) is 0 Å². The third kappa shape index (κ3) is 5.67. The topological polar surface area (TPSA) is 59.6 Å². The van der Waals surface area contributed by atoms with Gasteiger partial charge in [0.15, 0.2) is 5.96 Å². The highest BCUT2D eigenvalue weighted by Gasteiger charge is 2.30. The van der Waals surface area contributed by atoms with Gasteiger partial charge in [-0.05, 0) is 49.4 Å². The Morgan fingerprint density at radius 3 is 2.59 bits per heavy atom. The van der Waals surface area contributed by atoms with Crippen LogP contribution in [-0.2, 0) is 0 Å². The van der Waals surface area contributed by atoms with Crippen molar-refractivity contribution >= 4 is 11.6 Å². The Bertz CT molecular complexity index is 538. The smallest absolute Gasteiger partial charge is 0.406 e. The summed E-state index contributed by atoms with van der Waals surface area (Å²) in [5.41, 5.74) is 6.33. The molecule has 4 nitrogen and oxygen atoms in total. The molecule has 1 aliphatic rings. The standard InChI is InChI=1S/C15H18F3N3O/c16-15(17,18)22-13-8-6-12(7-9-13)21-14(19)20-10-11-4-2-1-3-5-11/h1-2,6-9,11H,3-5,10H2,(H3,19,20,21). The number of rotatable bonds is 4. The average Bonchev–Trinajstić information content (AvgIpc) is 2.47. The van der Waals surface area contributed by atoms with Crippen molar-refractivity contribution in [3.63, 3.8) is 0 Å². The Labute approximate surface area is 126 Å². The van der Waals surface area contributed by atoms with Gasteiger partial charge < -0.3 is 15.8 Å². The van der Waals surface area contributed by atoms with Crippen molar-refractivity contribution < 1.29 is 17.9 Å². The Morgan fingerprint density at radius 1 is 1.27 bits per heavy atom. The zero-order valence-corrected chi connectivity index (χ0v) is 11.9. The third-order valence-corrected chi connectivity index (χ3v) is 3.26. The van der Waals surface area contributed by atoms with Crippen molar-refractivity contribution in [3.05, 3.63) is 36.4 Å². The van der Waals surface area contributed by atoms with Gasteiger partial charge in [-0.25, -0.2) is 0 Å². The molecule has 22 heavy (non-hydrogen) atoms. The van der Waals surface area contributed by atoms with Crippen LogP contribution >= 0.6 is 0 Å². The maximum atomic E-state index is 12.0. The van der Waals surface area contributed by atoms with Crippen molar-refractivity contribution in [1.29, 1.82) is 0 Å². The molecular weight excluding hydrogens is 295 g/mol. The Balaban J connectivity index is 1.85. The van der Waals surface area contributed by atoms with Gasteiger partial charge in [-0.1, -0.05) is 12.2 Å². The number of hydrogen-bond acceptors (Lipinski definition) is 2. The summed E-state index contributed by atoms with van der Waals surface area (Å²) in [6, 6.07) is 5.34. The van der Waals surface area contributed by atoms with E-state index in [0.29, 0.717) is 18.2 Å². The van der Waals surface area contributed by atoms with Gasteiger partial charge in [-0.2, -0.15) is 0 Å². The summed E-state index contributed by atoms with van der Waals surface area (Å²) >= 11 is 0. The van der Waals surface area contributed by atoms with E-state index >= 15 is 0 Å². The lowest BCUT2D eigenvalue weighted by Crippen LogP contribution is -2.24. The van der Waals surface area contributed by atoms with Gasteiger partial charge >= 0.3 is 6.36 Å². The summed E-state index contributed by atoms with van der Waals surface area (Å²) in [6.07, 6.45) is 2.77. The first-order chi connectivity index (χ1) is 10.4. The molecule has 0 spiro atoms. The highest BCUT2D eigenvalue weighted by molar-refractivity contribution is 5.92. The third-order valence-electron chi connectivity index (χ3n) is 3.26. The molecular formula is C15H18F3N3O. The summed E-state index contributed by atoms with van der Waals surface area (Å²) in [5.74, 6) is 0.467. The molecule has 3 N–H and O–H groups in total. The molecule has 1 atom stereocenters. The van der Waals surface area contributed by atoms with Crippen LogP contribution in [0.25, 0.3) is 0 Å². The largest absolute Gasteiger partial charge is 0.573 e. The minimum atomic E-state index is -4.69. The normalized spacial score (nSPS) is 19.0. The fourth-order valence-corrected chi connectivity index (χ4v) is 2.18. The molecule has 0 saturated carbocycles. The van der Waals surface area contributed by atoms with E-state index in [2.05, 4.69) is 27.2 Å². The van der Waals surface area contributed by atoms with Gasteiger partial charge in [-0.15, -0.1) is 13.2 Å². The second-order valence-corrected chi connectivity index (χ2v) is 5.07. The predicted octanol–water partition coefficient (Wildman–Crippen LogP) is 3.67. The van der Waals surface area contributed by atoms with E-state index < -0.39 is 6.36 Å². The average molecular weight is 313 g/mol. The summed E-state index contributed by atoms with van der Waals surface area (Å²) < 4.78 is 39.9. The molecule has 1 aliphatic carbocycles. The number of hydrogen-bond donors (Lipinski definition) is 2. The summed E-state index contributed by atoms with van der Waals surface area (Å²) in [7, 11) is 0. The molecule has 0 heterocycles. The van der Waals surface area contributed by atoms with Crippen molar-refractivity contribution in [2.24, 2.45) is 16.6 Å². The van der Waals surface area contributed by atoms with Gasteiger partial charge in [0, 0.05) is 12.2 Å². The van der Waals surface area contributed by atoms with Crippen molar-refractivity contribution in [2.45, 2.75) is 25.6 Å². The highest BCUT2D eigenvalue weighted by atomic mass is 19.4. The van der Waals surface area contributed by atoms with Crippen LogP contribution in [0.1, 0.15) is 19.3 Å². The van der Waals surface area contributed by atoms with Gasteiger partial charge in [0.25, 0.3) is 0 Å². The van der Waals surface area contributed by atoms with Crippen molar-refractivity contribution in [3.8, 4) is 5.75 Å². The predicted molar refractivity (Wildman–Crippen MR) is 79.7 cm³/mol. The van der Waals surface area contributed by atoms with Crippen LogP contribution in [0.2, 0.25) is 0 Å². The van der Waals surface area contributed by atoms with Crippen LogP contribution in [0.4, 0.5) is 18.9 Å². The molecule has 7 heteroatoms. The van der Waals surface area contributed by atoms with Gasteiger partial charge in [-0.3, -0.25) is 4.99 Å². The van der Waals surface area contributed by atoms with E-state index in [1.54, 1.807) is 0 Å². The second kappa shape index (κ2) is 7.20. The number of nitrogens with one attached hydrogen (secondary N) is 1. The van der Waals surface area contributed by atoms with Crippen LogP contribution in [0.3, 0.4) is 0 Å². The Hall–Kier alpha value is -2.18. The molecule has 0 radical (unpaired) electrons. The monoisotopic (exact) mass is 313 g/mol. The maximum absolute atomic E-state index is 12.0. The van der Waals surface area contributed by atoms with E-state index in [9.17, 15) is 13.2 Å². The van der Waals surface area contributed by atoms with E-state index in [1.807, 2.05) is 0 Å². The molecule has 2 rings (SSSR count). The number of nitrogens with zero attached hydrogens (tertiary/aromatic N) is 1. The molecule has 0 fully saturated rings. The van der Waals surface area contributed by atoms with Crippen LogP contribution in [-0.4, -0.2) is 18.9 Å². The first kappa shape index (κ1) is 16.2. The lowest BCUT2D eigenvalue weighted by atomic mass is 9.95. The number of nitrogens with two attached hydrogens (primary N) is 1. The molecule has 0 amide bonds. The lowest BCUT2D eigenvalue weighted by Gasteiger charge is -2.15. The van der Waals surface area contributed by atoms with Crippen LogP contribution in [0, 0.1) is 5.92 Å². The number of anilines is 1. The number of aliphatic imine (C=N–C) groups is 1. The van der Waals surface area contributed by atoms with Crippen molar-refractivity contribution in [1.82, 2.24) is 0 Å². The van der Waals surface area contributed by atoms with E-state index in [-0.39, 0.29) is 11.7 Å². The second-order valence-electron chi connectivity index (χ2n) is 5.07. The minimum Gasteiger partial charge on any atom is -0.406 e. The first-order valence-corrected chi connectivity index (χ1v) is 7.00. The number of allylic oxidation sites excluding steroid dienone is 2. The molecule has 120 valence electrons. The van der Waals surface area contributed by atoms with Crippen molar-refractivity contribution in [2.75, 3.05) is 11.9 Å². The number of guanidine groups is 1. The van der Waals surface area contributed by atoms with E-state index in [4.69, 9.17) is 5.73 Å². The molecule has 1 unspecified atom stereocenters. The molecule has 0 aliphatic heterocycles. The molecule has 0 saturated heterocycles. The number of ether oxygens (including phenoxy) is 1. The zero-order chi connectivity index (χ0) is 16.0. The molecule has 1 aromatic carbocycles. The zero-order valence-electron chi connectivity index (χ0n) is 11.9. The minimum absolute atomic E-state index is 0.249. The van der Waals surface area contributed by atoms with Crippen LogP contribution in [0.15, 0.2) is 41.4 Å². The highest BCUT2D eigenvalue weighted by Crippen LogP contribution is 2.24. The lowest BCUT2D eigenvalue weighted by molar-refractivity contribution is -0.274. The summed E-state index contributed by atoms with van der Waals surface area (Å²) in [5, 5.41) is 2.84. The van der Waals surface area contributed by atoms with Crippen LogP contribution < -0.4 is 15.8 Å². The SMILES string of the molecule is NC(=NCC1CC=CCC1)Nc1ccc(OC(F)(F)F)cc1. The number of halogens is 3. The molecule has 1 aromatic rings. The Kier molecular flexibility index (Phi) is 5.30. The summed E-state index contributed by atoms with van der Waals surface area (Å²) in [4.78, 5) is 4.26. The quantitative estimate of drug-likeness (QED) is 0.506. The van der Waals surface area contributed by atoms with Crippen LogP contribution in [0.5, 0.6) is 5.75 Å². The molecule has 0 bridgehead atoms. The first-order valence-electron chi connectivity index (χ1n) is 7.00. The fraction of sp³-hybridized carbons (Fsp3) is 0.400.